The standard InChI is InChI=1S/C20H21F2NO3/c1-11(2)14-8-5-7-12(3)18(14)23-19(24)13(4)26-20(25)17-15(21)9-6-10-16(17)22/h5-11,13H,1-4H3,(H,23,24)/t13-/m0/s1. The smallest absolute Gasteiger partial charge is 0.344 e. The Bertz CT molecular complexity index is 814. The van der Waals surface area contributed by atoms with Crippen LogP contribution in [0.1, 0.15) is 48.2 Å². The van der Waals surface area contributed by atoms with Crippen LogP contribution in [0.5, 0.6) is 0 Å². The van der Waals surface area contributed by atoms with E-state index in [9.17, 15) is 18.4 Å². The van der Waals surface area contributed by atoms with E-state index in [4.69, 9.17) is 4.74 Å². The van der Waals surface area contributed by atoms with E-state index in [1.807, 2.05) is 39.0 Å². The van der Waals surface area contributed by atoms with Crippen molar-refractivity contribution in [2.75, 3.05) is 5.32 Å². The summed E-state index contributed by atoms with van der Waals surface area (Å²) in [5.74, 6) is -3.70. The molecule has 0 unspecified atom stereocenters. The van der Waals surface area contributed by atoms with Gasteiger partial charge in [-0.1, -0.05) is 38.1 Å². The first-order chi connectivity index (χ1) is 12.2. The highest BCUT2D eigenvalue weighted by Crippen LogP contribution is 2.27. The number of benzene rings is 2. The number of nitrogens with one attached hydrogen (secondary N) is 1. The first kappa shape index (κ1) is 19.6. The van der Waals surface area contributed by atoms with Crippen LogP contribution in [0.25, 0.3) is 0 Å². The first-order valence-corrected chi connectivity index (χ1v) is 8.27. The summed E-state index contributed by atoms with van der Waals surface area (Å²) in [6.45, 7) is 7.19. The fourth-order valence-electron chi connectivity index (χ4n) is 2.53. The SMILES string of the molecule is Cc1cccc(C(C)C)c1NC(=O)[C@H](C)OC(=O)c1c(F)cccc1F. The van der Waals surface area contributed by atoms with E-state index in [1.165, 1.54) is 6.92 Å². The van der Waals surface area contributed by atoms with Crippen molar-refractivity contribution in [1.29, 1.82) is 0 Å². The minimum Gasteiger partial charge on any atom is -0.449 e. The van der Waals surface area contributed by atoms with Crippen LogP contribution >= 0.6 is 0 Å². The molecule has 0 aliphatic carbocycles. The summed E-state index contributed by atoms with van der Waals surface area (Å²) in [6.07, 6.45) is -1.22. The maximum Gasteiger partial charge on any atom is 0.344 e. The molecule has 2 rings (SSSR count). The van der Waals surface area contributed by atoms with Crippen LogP contribution in [0.3, 0.4) is 0 Å². The predicted octanol–water partition coefficient (Wildman–Crippen LogP) is 4.58. The second kappa shape index (κ2) is 8.08. The van der Waals surface area contributed by atoms with E-state index in [-0.39, 0.29) is 5.92 Å². The van der Waals surface area contributed by atoms with Crippen LogP contribution in [0.2, 0.25) is 0 Å². The molecule has 0 aromatic heterocycles. The number of halogens is 2. The molecular weight excluding hydrogens is 340 g/mol. The third-order valence-electron chi connectivity index (χ3n) is 4.00. The molecule has 0 aliphatic rings. The van der Waals surface area contributed by atoms with Crippen LogP contribution in [0.4, 0.5) is 14.5 Å². The van der Waals surface area contributed by atoms with Crippen molar-refractivity contribution in [2.45, 2.75) is 39.7 Å². The highest BCUT2D eigenvalue weighted by Gasteiger charge is 2.25. The Morgan fingerprint density at radius 2 is 1.58 bits per heavy atom. The van der Waals surface area contributed by atoms with Gasteiger partial charge in [0, 0.05) is 5.69 Å². The van der Waals surface area contributed by atoms with Gasteiger partial charge in [-0.3, -0.25) is 4.79 Å². The fraction of sp³-hybridized carbons (Fsp3) is 0.300. The molecule has 0 aliphatic heterocycles. The van der Waals surface area contributed by atoms with Crippen LogP contribution < -0.4 is 5.32 Å². The molecule has 2 aromatic carbocycles. The molecule has 0 spiro atoms. The van der Waals surface area contributed by atoms with Gasteiger partial charge in [0.05, 0.1) is 0 Å². The third-order valence-corrected chi connectivity index (χ3v) is 4.00. The van der Waals surface area contributed by atoms with Crippen molar-refractivity contribution in [1.82, 2.24) is 0 Å². The summed E-state index contributed by atoms with van der Waals surface area (Å²) in [5.41, 5.74) is 1.64. The lowest BCUT2D eigenvalue weighted by Crippen LogP contribution is -2.31. The number of rotatable bonds is 5. The summed E-state index contributed by atoms with van der Waals surface area (Å²) in [4.78, 5) is 24.4. The monoisotopic (exact) mass is 361 g/mol. The van der Waals surface area contributed by atoms with Crippen molar-refractivity contribution < 1.29 is 23.1 Å². The van der Waals surface area contributed by atoms with Gasteiger partial charge < -0.3 is 10.1 Å². The lowest BCUT2D eigenvalue weighted by Gasteiger charge is -2.19. The summed E-state index contributed by atoms with van der Waals surface area (Å²) >= 11 is 0. The number of esters is 1. The van der Waals surface area contributed by atoms with Gasteiger partial charge in [0.2, 0.25) is 0 Å². The van der Waals surface area contributed by atoms with Gasteiger partial charge in [0.15, 0.2) is 6.10 Å². The van der Waals surface area contributed by atoms with E-state index in [2.05, 4.69) is 5.32 Å². The third kappa shape index (κ3) is 4.25. The highest BCUT2D eigenvalue weighted by atomic mass is 19.1. The van der Waals surface area contributed by atoms with Crippen LogP contribution in [0.15, 0.2) is 36.4 Å². The molecular formula is C20H21F2NO3. The topological polar surface area (TPSA) is 55.4 Å². The lowest BCUT2D eigenvalue weighted by atomic mass is 9.98. The average Bonchev–Trinajstić information content (AvgIpc) is 2.56. The largest absolute Gasteiger partial charge is 0.449 e. The molecule has 138 valence electrons. The summed E-state index contributed by atoms with van der Waals surface area (Å²) in [5, 5.41) is 2.74. The van der Waals surface area contributed by atoms with Crippen molar-refractivity contribution >= 4 is 17.6 Å². The van der Waals surface area contributed by atoms with Crippen molar-refractivity contribution in [3.8, 4) is 0 Å². The van der Waals surface area contributed by atoms with Crippen molar-refractivity contribution in [3.63, 3.8) is 0 Å². The molecule has 4 nitrogen and oxygen atoms in total. The molecule has 0 saturated carbocycles. The Kier molecular flexibility index (Phi) is 6.08. The predicted molar refractivity (Wildman–Crippen MR) is 95.1 cm³/mol. The molecule has 1 N–H and O–H groups in total. The summed E-state index contributed by atoms with van der Waals surface area (Å²) < 4.78 is 32.2. The maximum absolute atomic E-state index is 13.7. The normalized spacial score (nSPS) is 12.0. The Morgan fingerprint density at radius 1 is 1.00 bits per heavy atom. The van der Waals surface area contributed by atoms with Crippen molar-refractivity contribution in [3.05, 3.63) is 64.7 Å². The first-order valence-electron chi connectivity index (χ1n) is 8.27. The molecule has 0 heterocycles. The number of hydrogen-bond acceptors (Lipinski definition) is 3. The Morgan fingerprint density at radius 3 is 2.15 bits per heavy atom. The fourth-order valence-corrected chi connectivity index (χ4v) is 2.53. The zero-order valence-corrected chi connectivity index (χ0v) is 15.1. The highest BCUT2D eigenvalue weighted by molar-refractivity contribution is 5.98. The van der Waals surface area contributed by atoms with Gasteiger partial charge in [0.25, 0.3) is 5.91 Å². The minimum atomic E-state index is -1.22. The number of aryl methyl sites for hydroxylation is 1. The zero-order chi connectivity index (χ0) is 19.4. The van der Waals surface area contributed by atoms with Gasteiger partial charge in [-0.25, -0.2) is 13.6 Å². The summed E-state index contributed by atoms with van der Waals surface area (Å²) in [6, 6.07) is 8.69. The molecule has 6 heteroatoms. The number of ether oxygens (including phenoxy) is 1. The van der Waals surface area contributed by atoms with Gasteiger partial charge in [-0.2, -0.15) is 0 Å². The lowest BCUT2D eigenvalue weighted by molar-refractivity contribution is -0.123. The van der Waals surface area contributed by atoms with E-state index < -0.39 is 35.2 Å². The molecule has 0 radical (unpaired) electrons. The second-order valence-corrected chi connectivity index (χ2v) is 6.33. The number of carbonyl (C=O) groups excluding carboxylic acids is 2. The van der Waals surface area contributed by atoms with E-state index in [1.54, 1.807) is 0 Å². The molecule has 0 bridgehead atoms. The molecule has 2 aromatic rings. The Balaban J connectivity index is 2.15. The van der Waals surface area contributed by atoms with E-state index in [0.717, 1.165) is 29.3 Å². The Hall–Kier alpha value is -2.76. The van der Waals surface area contributed by atoms with Gasteiger partial charge in [-0.05, 0) is 43.0 Å². The second-order valence-electron chi connectivity index (χ2n) is 6.33. The van der Waals surface area contributed by atoms with Gasteiger partial charge >= 0.3 is 5.97 Å². The average molecular weight is 361 g/mol. The van der Waals surface area contributed by atoms with Crippen LogP contribution in [-0.2, 0) is 9.53 Å². The molecule has 26 heavy (non-hydrogen) atoms. The van der Waals surface area contributed by atoms with Gasteiger partial charge in [-0.15, -0.1) is 0 Å². The molecule has 0 saturated heterocycles. The van der Waals surface area contributed by atoms with E-state index in [0.29, 0.717) is 5.69 Å². The minimum absolute atomic E-state index is 0.176. The van der Waals surface area contributed by atoms with E-state index >= 15 is 0 Å². The van der Waals surface area contributed by atoms with Crippen LogP contribution in [-0.4, -0.2) is 18.0 Å². The number of para-hydroxylation sites is 1. The summed E-state index contributed by atoms with van der Waals surface area (Å²) in [7, 11) is 0. The quantitative estimate of drug-likeness (QED) is 0.793. The number of hydrogen-bond donors (Lipinski definition) is 1. The Labute approximate surface area is 151 Å². The van der Waals surface area contributed by atoms with Gasteiger partial charge in [0.1, 0.15) is 17.2 Å². The van der Waals surface area contributed by atoms with Crippen molar-refractivity contribution in [2.24, 2.45) is 0 Å². The van der Waals surface area contributed by atoms with Crippen LogP contribution in [0, 0.1) is 18.6 Å². The number of amides is 1. The number of carbonyl (C=O) groups is 2. The molecule has 1 atom stereocenters. The number of anilines is 1. The molecule has 0 fully saturated rings. The maximum atomic E-state index is 13.7. The molecule has 1 amide bonds. The zero-order valence-electron chi connectivity index (χ0n) is 15.1.